The number of hydrogen-bond donors (Lipinski definition) is 0. The standard InChI is InChI=1S/C19H9ClN4O6/c20-10-2-1-3-11(6-10)21-19-15-7-12(22(25)26)4-5-14(15)18-16(19)8-13(23(27)28)9-17(18)24(29)30/h1-9H. The fraction of sp³-hybridized carbons (Fsp3) is 0. The summed E-state index contributed by atoms with van der Waals surface area (Å²) in [5.41, 5.74) is 0.197. The first-order valence-corrected chi connectivity index (χ1v) is 8.74. The Balaban J connectivity index is 2.09. The Kier molecular flexibility index (Phi) is 4.47. The maximum Gasteiger partial charge on any atom is 0.284 e. The quantitative estimate of drug-likeness (QED) is 0.325. The molecule has 0 aromatic heterocycles. The Labute approximate surface area is 172 Å². The first-order chi connectivity index (χ1) is 14.3. The first kappa shape index (κ1) is 19.2. The molecule has 0 aliphatic heterocycles. The second-order valence-electron chi connectivity index (χ2n) is 6.33. The fourth-order valence-corrected chi connectivity index (χ4v) is 3.52. The number of rotatable bonds is 4. The number of nitro groups is 3. The SMILES string of the molecule is O=[N+]([O-])c1ccc2c(c1)C(=Nc1cccc(Cl)c1)c1cc([N+](=O)[O-])cc([N+](=O)[O-])c1-2. The highest BCUT2D eigenvalue weighted by Gasteiger charge is 2.35. The molecular formula is C19H9ClN4O6. The molecule has 11 heteroatoms. The van der Waals surface area contributed by atoms with Crippen molar-refractivity contribution in [3.63, 3.8) is 0 Å². The van der Waals surface area contributed by atoms with E-state index < -0.39 is 26.1 Å². The Morgan fingerprint density at radius 3 is 2.07 bits per heavy atom. The highest BCUT2D eigenvalue weighted by Crippen LogP contribution is 2.46. The van der Waals surface area contributed by atoms with Gasteiger partial charge in [0.15, 0.2) is 0 Å². The van der Waals surface area contributed by atoms with Crippen LogP contribution in [0.25, 0.3) is 11.1 Å². The zero-order valence-corrected chi connectivity index (χ0v) is 15.6. The lowest BCUT2D eigenvalue weighted by molar-refractivity contribution is -0.393. The van der Waals surface area contributed by atoms with Crippen molar-refractivity contribution in [2.45, 2.75) is 0 Å². The van der Waals surface area contributed by atoms with Gasteiger partial charge in [-0.1, -0.05) is 17.7 Å². The molecule has 3 aromatic rings. The second kappa shape index (κ2) is 7.01. The van der Waals surface area contributed by atoms with Gasteiger partial charge in [0, 0.05) is 34.3 Å². The minimum atomic E-state index is -0.740. The van der Waals surface area contributed by atoms with Gasteiger partial charge >= 0.3 is 0 Å². The summed E-state index contributed by atoms with van der Waals surface area (Å²) in [5.74, 6) is 0. The molecule has 0 fully saturated rings. The minimum absolute atomic E-state index is 0.122. The monoisotopic (exact) mass is 424 g/mol. The van der Waals surface area contributed by atoms with E-state index in [1.807, 2.05) is 0 Å². The van der Waals surface area contributed by atoms with E-state index >= 15 is 0 Å². The predicted octanol–water partition coefficient (Wildman–Crippen LogP) is 5.21. The molecule has 148 valence electrons. The van der Waals surface area contributed by atoms with Crippen LogP contribution < -0.4 is 0 Å². The maximum absolute atomic E-state index is 11.6. The Morgan fingerprint density at radius 1 is 0.733 bits per heavy atom. The van der Waals surface area contributed by atoms with Gasteiger partial charge in [-0.15, -0.1) is 0 Å². The van der Waals surface area contributed by atoms with Crippen molar-refractivity contribution in [3.05, 3.63) is 101 Å². The average Bonchev–Trinajstić information content (AvgIpc) is 3.00. The summed E-state index contributed by atoms with van der Waals surface area (Å²) in [6.07, 6.45) is 0. The molecule has 1 aliphatic rings. The zero-order chi connectivity index (χ0) is 21.6. The van der Waals surface area contributed by atoms with Gasteiger partial charge in [-0.25, -0.2) is 4.99 Å². The van der Waals surface area contributed by atoms with Crippen molar-refractivity contribution >= 4 is 40.1 Å². The summed E-state index contributed by atoms with van der Waals surface area (Å²) in [4.78, 5) is 36.6. The number of hydrogen-bond acceptors (Lipinski definition) is 7. The van der Waals surface area contributed by atoms with Crippen LogP contribution in [0.1, 0.15) is 11.1 Å². The van der Waals surface area contributed by atoms with Crippen LogP contribution >= 0.6 is 11.6 Å². The number of non-ortho nitro benzene ring substituents is 2. The molecule has 4 rings (SSSR count). The summed E-state index contributed by atoms with van der Waals surface area (Å²) in [6.45, 7) is 0. The first-order valence-electron chi connectivity index (χ1n) is 8.37. The lowest BCUT2D eigenvalue weighted by Crippen LogP contribution is -2.01. The van der Waals surface area contributed by atoms with E-state index in [4.69, 9.17) is 11.6 Å². The molecule has 0 amide bonds. The number of aliphatic imine (C=N–C) groups is 1. The van der Waals surface area contributed by atoms with Crippen LogP contribution in [0.4, 0.5) is 22.7 Å². The van der Waals surface area contributed by atoms with Gasteiger partial charge in [-0.05, 0) is 29.8 Å². The lowest BCUT2D eigenvalue weighted by Gasteiger charge is -2.03. The van der Waals surface area contributed by atoms with Gasteiger partial charge < -0.3 is 0 Å². The van der Waals surface area contributed by atoms with Crippen LogP contribution in [0, 0.1) is 30.3 Å². The highest BCUT2D eigenvalue weighted by atomic mass is 35.5. The van der Waals surface area contributed by atoms with E-state index in [9.17, 15) is 30.3 Å². The molecule has 0 radical (unpaired) electrons. The molecule has 0 N–H and O–H groups in total. The van der Waals surface area contributed by atoms with Crippen molar-refractivity contribution in [1.82, 2.24) is 0 Å². The number of nitrogens with zero attached hydrogens (tertiary/aromatic N) is 4. The summed E-state index contributed by atoms with van der Waals surface area (Å²) in [5, 5.41) is 34.6. The molecule has 1 aliphatic carbocycles. The van der Waals surface area contributed by atoms with Gasteiger partial charge in [0.25, 0.3) is 17.1 Å². The predicted molar refractivity (Wildman–Crippen MR) is 109 cm³/mol. The molecule has 0 saturated heterocycles. The minimum Gasteiger partial charge on any atom is -0.258 e. The molecule has 0 saturated carbocycles. The summed E-state index contributed by atoms with van der Waals surface area (Å²) in [7, 11) is 0. The lowest BCUT2D eigenvalue weighted by atomic mass is 10.0. The van der Waals surface area contributed by atoms with Crippen molar-refractivity contribution in [1.29, 1.82) is 0 Å². The highest BCUT2D eigenvalue weighted by molar-refractivity contribution is 6.31. The molecule has 0 unspecified atom stereocenters. The maximum atomic E-state index is 11.6. The summed E-state index contributed by atoms with van der Waals surface area (Å²) >= 11 is 5.99. The van der Waals surface area contributed by atoms with Crippen LogP contribution in [0.15, 0.2) is 59.6 Å². The number of fused-ring (bicyclic) bond motifs is 3. The van der Waals surface area contributed by atoms with Gasteiger partial charge in [0.05, 0.1) is 37.8 Å². The third-order valence-corrected chi connectivity index (χ3v) is 4.79. The molecule has 10 nitrogen and oxygen atoms in total. The Hall–Kier alpha value is -4.18. The normalized spacial score (nSPS) is 13.0. The molecule has 30 heavy (non-hydrogen) atoms. The third-order valence-electron chi connectivity index (χ3n) is 4.55. The van der Waals surface area contributed by atoms with Crippen LogP contribution in [-0.2, 0) is 0 Å². The Bertz CT molecular complexity index is 1300. The Morgan fingerprint density at radius 2 is 1.43 bits per heavy atom. The molecule has 0 bridgehead atoms. The van der Waals surface area contributed by atoms with E-state index in [1.54, 1.807) is 18.2 Å². The molecule has 0 atom stereocenters. The molecule has 0 heterocycles. The van der Waals surface area contributed by atoms with Gasteiger partial charge in [-0.2, -0.15) is 0 Å². The van der Waals surface area contributed by atoms with Crippen molar-refractivity contribution in [3.8, 4) is 11.1 Å². The number of halogens is 1. The summed E-state index contributed by atoms with van der Waals surface area (Å²) in [6, 6.07) is 12.3. The van der Waals surface area contributed by atoms with Gasteiger partial charge in [0.1, 0.15) is 0 Å². The molecular weight excluding hydrogens is 416 g/mol. The van der Waals surface area contributed by atoms with E-state index in [1.165, 1.54) is 30.3 Å². The zero-order valence-electron chi connectivity index (χ0n) is 14.8. The van der Waals surface area contributed by atoms with Crippen molar-refractivity contribution < 1.29 is 14.8 Å². The van der Waals surface area contributed by atoms with Gasteiger partial charge in [0.2, 0.25) is 0 Å². The van der Waals surface area contributed by atoms with E-state index in [-0.39, 0.29) is 28.1 Å². The smallest absolute Gasteiger partial charge is 0.258 e. The second-order valence-corrected chi connectivity index (χ2v) is 6.77. The van der Waals surface area contributed by atoms with E-state index in [0.29, 0.717) is 16.3 Å². The topological polar surface area (TPSA) is 142 Å². The molecule has 3 aromatic carbocycles. The summed E-state index contributed by atoms with van der Waals surface area (Å²) < 4.78 is 0. The number of nitro benzene ring substituents is 3. The van der Waals surface area contributed by atoms with E-state index in [2.05, 4.69) is 4.99 Å². The largest absolute Gasteiger partial charge is 0.284 e. The molecule has 0 spiro atoms. The average molecular weight is 425 g/mol. The van der Waals surface area contributed by atoms with Gasteiger partial charge in [-0.3, -0.25) is 30.3 Å². The van der Waals surface area contributed by atoms with Crippen LogP contribution in [-0.4, -0.2) is 20.5 Å². The van der Waals surface area contributed by atoms with Crippen molar-refractivity contribution in [2.24, 2.45) is 4.99 Å². The van der Waals surface area contributed by atoms with Crippen LogP contribution in [0.5, 0.6) is 0 Å². The van der Waals surface area contributed by atoms with Crippen LogP contribution in [0.3, 0.4) is 0 Å². The van der Waals surface area contributed by atoms with Crippen molar-refractivity contribution in [2.75, 3.05) is 0 Å². The third kappa shape index (κ3) is 3.14. The number of benzene rings is 3. The van der Waals surface area contributed by atoms with E-state index in [0.717, 1.165) is 6.07 Å². The van der Waals surface area contributed by atoms with Crippen LogP contribution in [0.2, 0.25) is 5.02 Å². The fourth-order valence-electron chi connectivity index (χ4n) is 3.33.